The van der Waals surface area contributed by atoms with Gasteiger partial charge >= 0.3 is 0 Å². The van der Waals surface area contributed by atoms with Gasteiger partial charge in [-0.25, -0.2) is 0 Å². The molecular formula is C15H14N5O-. The SMILES string of the molecule is c1ccc(COc2cccc(C[N-]c3nn[nH]n3)c2)cc1. The number of ether oxygens (including phenoxy) is 1. The van der Waals surface area contributed by atoms with Crippen molar-refractivity contribution in [2.75, 3.05) is 0 Å². The number of aromatic amines is 1. The van der Waals surface area contributed by atoms with E-state index < -0.39 is 0 Å². The van der Waals surface area contributed by atoms with Crippen LogP contribution in [0.3, 0.4) is 0 Å². The van der Waals surface area contributed by atoms with E-state index in [1.807, 2.05) is 54.6 Å². The zero-order valence-corrected chi connectivity index (χ0v) is 11.3. The second kappa shape index (κ2) is 6.51. The molecule has 0 saturated carbocycles. The summed E-state index contributed by atoms with van der Waals surface area (Å²) in [7, 11) is 0. The quantitative estimate of drug-likeness (QED) is 0.753. The highest BCUT2D eigenvalue weighted by Gasteiger charge is 1.98. The molecule has 6 heteroatoms. The van der Waals surface area contributed by atoms with Crippen molar-refractivity contribution in [2.24, 2.45) is 0 Å². The van der Waals surface area contributed by atoms with Gasteiger partial charge in [0.05, 0.1) is 5.95 Å². The molecule has 0 aliphatic rings. The van der Waals surface area contributed by atoms with Gasteiger partial charge in [-0.2, -0.15) is 0 Å². The van der Waals surface area contributed by atoms with Crippen LogP contribution in [0.4, 0.5) is 5.95 Å². The van der Waals surface area contributed by atoms with Crippen LogP contribution in [-0.2, 0) is 13.2 Å². The largest absolute Gasteiger partial charge is 0.489 e. The molecule has 0 amide bonds. The first-order valence-electron chi connectivity index (χ1n) is 6.57. The number of tetrazole rings is 1. The van der Waals surface area contributed by atoms with Crippen molar-refractivity contribution in [1.29, 1.82) is 0 Å². The molecule has 106 valence electrons. The van der Waals surface area contributed by atoms with Crippen molar-refractivity contribution in [3.8, 4) is 5.75 Å². The molecule has 2 aromatic carbocycles. The molecule has 0 radical (unpaired) electrons. The van der Waals surface area contributed by atoms with E-state index in [-0.39, 0.29) is 0 Å². The van der Waals surface area contributed by atoms with E-state index in [2.05, 4.69) is 25.9 Å². The first kappa shape index (κ1) is 13.1. The fraction of sp³-hybridized carbons (Fsp3) is 0.133. The number of hydrogen-bond acceptors (Lipinski definition) is 4. The van der Waals surface area contributed by atoms with Gasteiger partial charge in [-0.1, -0.05) is 42.5 Å². The summed E-state index contributed by atoms with van der Waals surface area (Å²) in [6.45, 7) is 1.04. The Labute approximate surface area is 122 Å². The van der Waals surface area contributed by atoms with Crippen molar-refractivity contribution in [1.82, 2.24) is 20.6 Å². The molecule has 1 aromatic heterocycles. The van der Waals surface area contributed by atoms with Crippen molar-refractivity contribution < 1.29 is 4.74 Å². The van der Waals surface area contributed by atoms with Crippen LogP contribution in [0.15, 0.2) is 54.6 Å². The van der Waals surface area contributed by atoms with Crippen LogP contribution in [0.5, 0.6) is 5.75 Å². The second-order valence-electron chi connectivity index (χ2n) is 4.45. The smallest absolute Gasteiger partial charge is 0.120 e. The first-order valence-corrected chi connectivity index (χ1v) is 6.57. The van der Waals surface area contributed by atoms with Crippen LogP contribution in [0, 0.1) is 0 Å². The third kappa shape index (κ3) is 3.79. The maximum atomic E-state index is 5.78. The average molecular weight is 280 g/mol. The lowest BCUT2D eigenvalue weighted by atomic mass is 10.2. The normalized spacial score (nSPS) is 10.3. The zero-order chi connectivity index (χ0) is 14.3. The lowest BCUT2D eigenvalue weighted by molar-refractivity contribution is 0.306. The Hall–Kier alpha value is -2.89. The Kier molecular flexibility index (Phi) is 4.07. The minimum absolute atomic E-state index is 0.352. The third-order valence-electron chi connectivity index (χ3n) is 2.88. The molecule has 1 N–H and O–H groups in total. The number of nitrogens with zero attached hydrogens (tertiary/aromatic N) is 4. The number of rotatable bonds is 6. The monoisotopic (exact) mass is 280 g/mol. The molecule has 3 rings (SSSR count). The van der Waals surface area contributed by atoms with Crippen LogP contribution in [0.2, 0.25) is 0 Å². The summed E-state index contributed by atoms with van der Waals surface area (Å²) < 4.78 is 5.78. The number of nitrogens with one attached hydrogen (secondary N) is 1. The lowest BCUT2D eigenvalue weighted by Gasteiger charge is -2.10. The predicted molar refractivity (Wildman–Crippen MR) is 78.1 cm³/mol. The minimum atomic E-state index is 0.352. The summed E-state index contributed by atoms with van der Waals surface area (Å²) in [5, 5.41) is 17.6. The van der Waals surface area contributed by atoms with Gasteiger partial charge in [0, 0.05) is 6.54 Å². The summed E-state index contributed by atoms with van der Waals surface area (Å²) in [5.41, 5.74) is 2.17. The fourth-order valence-corrected chi connectivity index (χ4v) is 1.86. The maximum Gasteiger partial charge on any atom is 0.120 e. The van der Waals surface area contributed by atoms with Crippen molar-refractivity contribution in [3.05, 3.63) is 71.0 Å². The standard InChI is InChI=1S/C15H14N5O/c1-2-5-12(6-3-1)11-21-14-8-4-7-13(9-14)10-16-15-17-19-20-18-15/h1-9H,10-11H2,(H-,16,17,18,19,20)/q-1. The Bertz CT molecular complexity index is 670. The van der Waals surface area contributed by atoms with Gasteiger partial charge in [0.25, 0.3) is 0 Å². The molecule has 0 unspecified atom stereocenters. The van der Waals surface area contributed by atoms with Gasteiger partial charge in [0.15, 0.2) is 0 Å². The topological polar surface area (TPSA) is 77.8 Å². The van der Waals surface area contributed by atoms with E-state index in [9.17, 15) is 0 Å². The number of H-pyrrole nitrogens is 1. The molecule has 0 fully saturated rings. The summed E-state index contributed by atoms with van der Waals surface area (Å²) in [4.78, 5) is 0. The summed E-state index contributed by atoms with van der Waals surface area (Å²) in [5.74, 6) is 1.17. The number of aromatic nitrogens is 4. The van der Waals surface area contributed by atoms with Gasteiger partial charge in [-0.3, -0.25) is 15.4 Å². The van der Waals surface area contributed by atoms with Gasteiger partial charge < -0.3 is 10.1 Å². The summed E-state index contributed by atoms with van der Waals surface area (Å²) in [6.07, 6.45) is 0. The second-order valence-corrected chi connectivity index (χ2v) is 4.45. The number of benzene rings is 2. The van der Waals surface area contributed by atoms with E-state index in [1.54, 1.807) is 0 Å². The first-order chi connectivity index (χ1) is 10.4. The highest BCUT2D eigenvalue weighted by atomic mass is 16.5. The predicted octanol–water partition coefficient (Wildman–Crippen LogP) is 2.98. The maximum absolute atomic E-state index is 5.78. The molecular weight excluding hydrogens is 266 g/mol. The Morgan fingerprint density at radius 2 is 1.86 bits per heavy atom. The van der Waals surface area contributed by atoms with Crippen LogP contribution >= 0.6 is 0 Å². The van der Waals surface area contributed by atoms with E-state index in [4.69, 9.17) is 4.74 Å². The zero-order valence-electron chi connectivity index (χ0n) is 11.3. The fourth-order valence-electron chi connectivity index (χ4n) is 1.86. The van der Waals surface area contributed by atoms with Crippen molar-refractivity contribution in [3.63, 3.8) is 0 Å². The lowest BCUT2D eigenvalue weighted by Crippen LogP contribution is -1.95. The Balaban J connectivity index is 1.58. The van der Waals surface area contributed by atoms with Crippen LogP contribution < -0.4 is 4.74 Å². The minimum Gasteiger partial charge on any atom is -0.489 e. The molecule has 21 heavy (non-hydrogen) atoms. The van der Waals surface area contributed by atoms with Gasteiger partial charge in [0.1, 0.15) is 12.4 Å². The van der Waals surface area contributed by atoms with Gasteiger partial charge in [0.2, 0.25) is 0 Å². The van der Waals surface area contributed by atoms with Gasteiger partial charge in [-0.15, -0.1) is 5.21 Å². The molecule has 0 atom stereocenters. The van der Waals surface area contributed by atoms with E-state index >= 15 is 0 Å². The van der Waals surface area contributed by atoms with Crippen LogP contribution in [0.25, 0.3) is 5.32 Å². The highest BCUT2D eigenvalue weighted by Crippen LogP contribution is 2.19. The van der Waals surface area contributed by atoms with Crippen LogP contribution in [0.1, 0.15) is 11.1 Å². The summed E-state index contributed by atoms with van der Waals surface area (Å²) >= 11 is 0. The van der Waals surface area contributed by atoms with Crippen molar-refractivity contribution in [2.45, 2.75) is 13.2 Å². The average Bonchev–Trinajstić information content (AvgIpc) is 3.06. The molecule has 0 aliphatic heterocycles. The summed E-state index contributed by atoms with van der Waals surface area (Å²) in [6, 6.07) is 17.9. The third-order valence-corrected chi connectivity index (χ3v) is 2.88. The molecule has 6 nitrogen and oxygen atoms in total. The molecule has 0 aliphatic carbocycles. The molecule has 1 heterocycles. The van der Waals surface area contributed by atoms with E-state index in [0.717, 1.165) is 16.9 Å². The molecule has 0 saturated heterocycles. The van der Waals surface area contributed by atoms with E-state index in [1.165, 1.54) is 0 Å². The number of hydrogen-bond donors (Lipinski definition) is 1. The van der Waals surface area contributed by atoms with Crippen molar-refractivity contribution >= 4 is 5.95 Å². The Morgan fingerprint density at radius 1 is 1.00 bits per heavy atom. The highest BCUT2D eigenvalue weighted by molar-refractivity contribution is 5.35. The van der Waals surface area contributed by atoms with E-state index in [0.29, 0.717) is 19.1 Å². The van der Waals surface area contributed by atoms with Crippen LogP contribution in [-0.4, -0.2) is 20.6 Å². The van der Waals surface area contributed by atoms with Gasteiger partial charge in [-0.05, 0) is 23.3 Å². The Morgan fingerprint density at radius 3 is 2.67 bits per heavy atom. The molecule has 0 spiro atoms. The molecule has 0 bridgehead atoms. The molecule has 3 aromatic rings.